The number of hydrogen-bond donors (Lipinski definition) is 2. The van der Waals surface area contributed by atoms with Crippen molar-refractivity contribution in [2.75, 3.05) is 17.2 Å². The minimum absolute atomic E-state index is 0.258. The van der Waals surface area contributed by atoms with Gasteiger partial charge in [0, 0.05) is 26.0 Å². The highest BCUT2D eigenvalue weighted by atomic mass is 35.5. The third kappa shape index (κ3) is 4.50. The number of rotatable bonds is 5. The second-order valence-electron chi connectivity index (χ2n) is 5.52. The zero-order valence-corrected chi connectivity index (χ0v) is 17.1. The Kier molecular flexibility index (Phi) is 6.15. The third-order valence-corrected chi connectivity index (χ3v) is 5.82. The van der Waals surface area contributed by atoms with E-state index >= 15 is 0 Å². The first-order valence-electron chi connectivity index (χ1n) is 8.17. The molecule has 2 amide bonds. The number of anilines is 2. The van der Waals surface area contributed by atoms with Crippen LogP contribution in [0.15, 0.2) is 41.8 Å². The second kappa shape index (κ2) is 8.56. The fraction of sp³-hybridized carbons (Fsp3) is 0.158. The van der Waals surface area contributed by atoms with Gasteiger partial charge in [0.25, 0.3) is 0 Å². The summed E-state index contributed by atoms with van der Waals surface area (Å²) in [7, 11) is 0. The van der Waals surface area contributed by atoms with Crippen molar-refractivity contribution in [1.29, 1.82) is 0 Å². The van der Waals surface area contributed by atoms with Crippen LogP contribution in [0.25, 0.3) is 10.4 Å². The van der Waals surface area contributed by atoms with E-state index < -0.39 is 12.0 Å². The summed E-state index contributed by atoms with van der Waals surface area (Å²) < 4.78 is 5.22. The molecule has 2 N–H and O–H groups in total. The Morgan fingerprint density at radius 2 is 1.89 bits per heavy atom. The number of carbonyl (C=O) groups excluding carboxylic acids is 2. The summed E-state index contributed by atoms with van der Waals surface area (Å²) in [5, 5.41) is 8.49. The lowest BCUT2D eigenvalue weighted by Gasteiger charge is -2.09. The van der Waals surface area contributed by atoms with Gasteiger partial charge >= 0.3 is 12.0 Å². The minimum Gasteiger partial charge on any atom is -0.462 e. The molecule has 2 heterocycles. The van der Waals surface area contributed by atoms with E-state index in [9.17, 15) is 9.59 Å². The van der Waals surface area contributed by atoms with Crippen LogP contribution in [-0.4, -0.2) is 18.6 Å². The largest absolute Gasteiger partial charge is 0.462 e. The Labute approximate surface area is 169 Å². The van der Waals surface area contributed by atoms with E-state index in [2.05, 4.69) is 10.6 Å². The fourth-order valence-corrected chi connectivity index (χ4v) is 4.62. The molecule has 0 saturated heterocycles. The van der Waals surface area contributed by atoms with Crippen LogP contribution in [0.5, 0.6) is 0 Å². The highest BCUT2D eigenvalue weighted by molar-refractivity contribution is 7.18. The SMILES string of the molecule is CCOC(=O)c1c(NC(=O)Nc2ccc(Cl)cc2)sc(C)c1-c1cccs1. The van der Waals surface area contributed by atoms with E-state index in [1.54, 1.807) is 31.2 Å². The van der Waals surface area contributed by atoms with Gasteiger partial charge in [0.15, 0.2) is 0 Å². The van der Waals surface area contributed by atoms with Crippen LogP contribution < -0.4 is 10.6 Å². The zero-order chi connectivity index (χ0) is 19.4. The quantitative estimate of drug-likeness (QED) is 0.478. The molecule has 0 unspecified atom stereocenters. The van der Waals surface area contributed by atoms with Gasteiger partial charge in [0.05, 0.1) is 6.61 Å². The van der Waals surface area contributed by atoms with Gasteiger partial charge in [-0.3, -0.25) is 5.32 Å². The average molecular weight is 421 g/mol. The molecule has 27 heavy (non-hydrogen) atoms. The molecular weight excluding hydrogens is 404 g/mol. The van der Waals surface area contributed by atoms with Gasteiger partial charge in [0.2, 0.25) is 0 Å². The summed E-state index contributed by atoms with van der Waals surface area (Å²) >= 11 is 8.74. The standard InChI is InChI=1S/C19H17ClN2O3S2/c1-3-25-18(23)16-15(14-5-4-10-26-14)11(2)27-17(16)22-19(24)21-13-8-6-12(20)7-9-13/h4-10H,3H2,1-2H3,(H2,21,22,24). The van der Waals surface area contributed by atoms with Gasteiger partial charge in [-0.05, 0) is 49.6 Å². The Bertz CT molecular complexity index is 950. The summed E-state index contributed by atoms with van der Waals surface area (Å²) in [4.78, 5) is 26.9. The number of ether oxygens (including phenoxy) is 1. The van der Waals surface area contributed by atoms with E-state index in [0.717, 1.165) is 15.3 Å². The molecule has 2 aromatic heterocycles. The molecule has 0 bridgehead atoms. The summed E-state index contributed by atoms with van der Waals surface area (Å²) in [5.74, 6) is -0.452. The Hall–Kier alpha value is -2.35. The topological polar surface area (TPSA) is 67.4 Å². The van der Waals surface area contributed by atoms with Crippen LogP contribution in [0.4, 0.5) is 15.5 Å². The molecule has 8 heteroatoms. The summed E-state index contributed by atoms with van der Waals surface area (Å²) in [5.41, 5.74) is 1.78. The number of nitrogens with one attached hydrogen (secondary N) is 2. The highest BCUT2D eigenvalue weighted by Gasteiger charge is 2.26. The molecule has 0 aliphatic carbocycles. The molecule has 5 nitrogen and oxygen atoms in total. The van der Waals surface area contributed by atoms with E-state index in [4.69, 9.17) is 16.3 Å². The lowest BCUT2D eigenvalue weighted by Crippen LogP contribution is -2.20. The van der Waals surface area contributed by atoms with E-state index in [1.165, 1.54) is 22.7 Å². The van der Waals surface area contributed by atoms with E-state index in [1.807, 2.05) is 24.4 Å². The number of hydrogen-bond acceptors (Lipinski definition) is 5. The first kappa shape index (κ1) is 19.4. The number of aryl methyl sites for hydroxylation is 1. The predicted molar refractivity (Wildman–Crippen MR) is 112 cm³/mol. The first-order chi connectivity index (χ1) is 13.0. The molecule has 3 aromatic rings. The highest BCUT2D eigenvalue weighted by Crippen LogP contribution is 2.42. The van der Waals surface area contributed by atoms with Crippen LogP contribution in [0.2, 0.25) is 5.02 Å². The van der Waals surface area contributed by atoms with Crippen LogP contribution in [-0.2, 0) is 4.74 Å². The van der Waals surface area contributed by atoms with Crippen molar-refractivity contribution in [2.24, 2.45) is 0 Å². The predicted octanol–water partition coefficient (Wildman–Crippen LogP) is 6.26. The van der Waals surface area contributed by atoms with Crippen molar-refractivity contribution in [1.82, 2.24) is 0 Å². The Morgan fingerprint density at radius 3 is 2.52 bits per heavy atom. The average Bonchev–Trinajstić information content (AvgIpc) is 3.24. The Balaban J connectivity index is 1.90. The van der Waals surface area contributed by atoms with Crippen molar-refractivity contribution in [3.63, 3.8) is 0 Å². The molecule has 0 radical (unpaired) electrons. The first-order valence-corrected chi connectivity index (χ1v) is 10.2. The van der Waals surface area contributed by atoms with Gasteiger partial charge in [-0.1, -0.05) is 17.7 Å². The lowest BCUT2D eigenvalue weighted by molar-refractivity contribution is 0.0529. The molecule has 0 spiro atoms. The fourth-order valence-electron chi connectivity index (χ4n) is 2.55. The normalized spacial score (nSPS) is 10.5. The lowest BCUT2D eigenvalue weighted by atomic mass is 10.1. The molecule has 0 aliphatic heterocycles. The van der Waals surface area contributed by atoms with Gasteiger partial charge < -0.3 is 10.1 Å². The van der Waals surface area contributed by atoms with Gasteiger partial charge in [-0.25, -0.2) is 9.59 Å². The molecule has 140 valence electrons. The van der Waals surface area contributed by atoms with E-state index in [0.29, 0.717) is 21.3 Å². The molecule has 0 saturated carbocycles. The summed E-state index contributed by atoms with van der Waals surface area (Å²) in [6.07, 6.45) is 0. The number of amides is 2. The third-order valence-electron chi connectivity index (χ3n) is 3.66. The van der Waals surface area contributed by atoms with Crippen LogP contribution >= 0.6 is 34.3 Å². The van der Waals surface area contributed by atoms with Gasteiger partial charge in [-0.15, -0.1) is 22.7 Å². The van der Waals surface area contributed by atoms with Crippen molar-refractivity contribution in [3.05, 3.63) is 57.2 Å². The molecule has 0 aliphatic rings. The summed E-state index contributed by atoms with van der Waals surface area (Å²) in [6, 6.07) is 10.2. The number of thiophene rings is 2. The molecule has 0 fully saturated rings. The number of halogens is 1. The smallest absolute Gasteiger partial charge is 0.341 e. The molecular formula is C19H17ClN2O3S2. The van der Waals surface area contributed by atoms with E-state index in [-0.39, 0.29) is 6.61 Å². The zero-order valence-electron chi connectivity index (χ0n) is 14.7. The summed E-state index contributed by atoms with van der Waals surface area (Å²) in [6.45, 7) is 3.93. The maximum absolute atomic E-state index is 12.6. The second-order valence-corrected chi connectivity index (χ2v) is 8.13. The monoisotopic (exact) mass is 420 g/mol. The van der Waals surface area contributed by atoms with Crippen LogP contribution in [0.3, 0.4) is 0 Å². The maximum Gasteiger partial charge on any atom is 0.341 e. The number of benzene rings is 1. The van der Waals surface area contributed by atoms with Crippen molar-refractivity contribution in [3.8, 4) is 10.4 Å². The van der Waals surface area contributed by atoms with Crippen LogP contribution in [0.1, 0.15) is 22.2 Å². The van der Waals surface area contributed by atoms with Crippen molar-refractivity contribution < 1.29 is 14.3 Å². The van der Waals surface area contributed by atoms with Crippen molar-refractivity contribution >= 4 is 57.0 Å². The van der Waals surface area contributed by atoms with Gasteiger partial charge in [-0.2, -0.15) is 0 Å². The number of urea groups is 1. The minimum atomic E-state index is -0.452. The van der Waals surface area contributed by atoms with Gasteiger partial charge in [0.1, 0.15) is 10.6 Å². The Morgan fingerprint density at radius 1 is 1.15 bits per heavy atom. The number of esters is 1. The van der Waals surface area contributed by atoms with Crippen molar-refractivity contribution in [2.45, 2.75) is 13.8 Å². The van der Waals surface area contributed by atoms with Crippen LogP contribution in [0, 0.1) is 6.92 Å². The molecule has 3 rings (SSSR count). The molecule has 0 atom stereocenters. The molecule has 1 aromatic carbocycles. The maximum atomic E-state index is 12.6. The number of carbonyl (C=O) groups is 2.